The van der Waals surface area contributed by atoms with Crippen LogP contribution in [-0.4, -0.2) is 36.0 Å². The monoisotopic (exact) mass is 343 g/mol. The molecule has 0 aliphatic carbocycles. The molecule has 0 unspecified atom stereocenters. The molecule has 0 spiro atoms. The molecular weight excluding hydrogens is 325 g/mol. The van der Waals surface area contributed by atoms with Gasteiger partial charge < -0.3 is 13.8 Å². The molecule has 0 aromatic carbocycles. The molecule has 126 valence electrons. The molecule has 0 bridgehead atoms. The van der Waals surface area contributed by atoms with Crippen molar-refractivity contribution in [2.24, 2.45) is 5.92 Å². The SMILES string of the molecule is COP(=O)(C[C@H]1O[C@@H](n2cc(C)c(=O)[nH]c2=O)C[C@@H]1C#N)OC. The Morgan fingerprint density at radius 3 is 2.70 bits per heavy atom. The molecule has 1 N–H and O–H groups in total. The summed E-state index contributed by atoms with van der Waals surface area (Å²) < 4.78 is 28.9. The van der Waals surface area contributed by atoms with Crippen LogP contribution in [0.15, 0.2) is 15.8 Å². The highest BCUT2D eigenvalue weighted by Crippen LogP contribution is 2.50. The normalized spacial score (nSPS) is 24.5. The Balaban J connectivity index is 2.28. The summed E-state index contributed by atoms with van der Waals surface area (Å²) in [7, 11) is -0.834. The highest BCUT2D eigenvalue weighted by Gasteiger charge is 2.41. The van der Waals surface area contributed by atoms with Gasteiger partial charge in [0.1, 0.15) is 6.23 Å². The summed E-state index contributed by atoms with van der Waals surface area (Å²) >= 11 is 0. The van der Waals surface area contributed by atoms with Gasteiger partial charge in [0.2, 0.25) is 0 Å². The molecule has 1 aromatic rings. The number of nitrogens with one attached hydrogen (secondary N) is 1. The zero-order valence-corrected chi connectivity index (χ0v) is 13.9. The van der Waals surface area contributed by atoms with E-state index in [0.29, 0.717) is 5.56 Å². The molecule has 2 rings (SSSR count). The average Bonchev–Trinajstić information content (AvgIpc) is 2.93. The van der Waals surface area contributed by atoms with Gasteiger partial charge in [0.25, 0.3) is 5.56 Å². The Bertz CT molecular complexity index is 771. The van der Waals surface area contributed by atoms with E-state index in [4.69, 9.17) is 13.8 Å². The highest BCUT2D eigenvalue weighted by atomic mass is 31.2. The first-order chi connectivity index (χ1) is 10.8. The second-order valence-corrected chi connectivity index (χ2v) is 7.56. The van der Waals surface area contributed by atoms with E-state index in [-0.39, 0.29) is 12.6 Å². The molecule has 1 saturated heterocycles. The van der Waals surface area contributed by atoms with E-state index in [1.54, 1.807) is 6.92 Å². The number of H-pyrrole nitrogens is 1. The van der Waals surface area contributed by atoms with Crippen molar-refractivity contribution in [2.75, 3.05) is 20.4 Å². The van der Waals surface area contributed by atoms with Crippen molar-refractivity contribution in [3.63, 3.8) is 0 Å². The predicted octanol–water partition coefficient (Wildman–Crippen LogP) is 0.758. The highest BCUT2D eigenvalue weighted by molar-refractivity contribution is 7.53. The maximum Gasteiger partial charge on any atom is 0.332 e. The molecule has 1 aliphatic heterocycles. The molecule has 2 heterocycles. The number of hydrogen-bond donors (Lipinski definition) is 1. The average molecular weight is 343 g/mol. The van der Waals surface area contributed by atoms with Crippen molar-refractivity contribution in [2.45, 2.75) is 25.7 Å². The van der Waals surface area contributed by atoms with Crippen LogP contribution in [-0.2, 0) is 18.3 Å². The van der Waals surface area contributed by atoms with Gasteiger partial charge in [-0.05, 0) is 6.92 Å². The Kier molecular flexibility index (Phi) is 5.22. The molecular formula is C13H18N3O6P. The first-order valence-corrected chi connectivity index (χ1v) is 8.64. The molecule has 1 aromatic heterocycles. The zero-order chi connectivity index (χ0) is 17.2. The fourth-order valence-electron chi connectivity index (χ4n) is 2.45. The van der Waals surface area contributed by atoms with Gasteiger partial charge in [-0.3, -0.25) is 18.9 Å². The van der Waals surface area contributed by atoms with E-state index in [2.05, 4.69) is 11.1 Å². The topological polar surface area (TPSA) is 123 Å². The standard InChI is InChI=1S/C13H18N3O6P/c1-8-6-16(13(18)15-12(8)17)11-4-9(5-14)10(22-11)7-23(19,20-2)21-3/h6,9-11H,4,7H2,1-3H3,(H,15,17,18)/t9-,10-,11-/m1/s1. The first-order valence-electron chi connectivity index (χ1n) is 6.91. The summed E-state index contributed by atoms with van der Waals surface area (Å²) in [5.41, 5.74) is -0.741. The third kappa shape index (κ3) is 3.62. The number of nitrogens with zero attached hydrogens (tertiary/aromatic N) is 2. The molecule has 10 heteroatoms. The van der Waals surface area contributed by atoms with Gasteiger partial charge in [-0.15, -0.1) is 0 Å². The summed E-state index contributed by atoms with van der Waals surface area (Å²) in [4.78, 5) is 25.5. The number of aryl methyl sites for hydroxylation is 1. The Morgan fingerprint density at radius 1 is 1.48 bits per heavy atom. The van der Waals surface area contributed by atoms with Crippen molar-refractivity contribution in [1.82, 2.24) is 9.55 Å². The van der Waals surface area contributed by atoms with Crippen LogP contribution in [0, 0.1) is 24.2 Å². The smallest absolute Gasteiger partial charge is 0.332 e. The molecule has 0 saturated carbocycles. The van der Waals surface area contributed by atoms with Gasteiger partial charge in [-0.25, -0.2) is 4.79 Å². The van der Waals surface area contributed by atoms with Crippen LogP contribution in [0.3, 0.4) is 0 Å². The predicted molar refractivity (Wildman–Crippen MR) is 80.2 cm³/mol. The van der Waals surface area contributed by atoms with E-state index in [9.17, 15) is 19.4 Å². The lowest BCUT2D eigenvalue weighted by Gasteiger charge is -2.20. The minimum absolute atomic E-state index is 0.0915. The maximum atomic E-state index is 12.2. The number of hydrogen-bond acceptors (Lipinski definition) is 7. The second kappa shape index (κ2) is 6.81. The fourth-order valence-corrected chi connectivity index (χ4v) is 3.68. The van der Waals surface area contributed by atoms with Crippen molar-refractivity contribution in [3.8, 4) is 6.07 Å². The van der Waals surface area contributed by atoms with Crippen LogP contribution >= 0.6 is 7.60 Å². The van der Waals surface area contributed by atoms with Crippen molar-refractivity contribution in [3.05, 3.63) is 32.6 Å². The summed E-state index contributed by atoms with van der Waals surface area (Å²) in [5, 5.41) is 9.26. The van der Waals surface area contributed by atoms with Crippen molar-refractivity contribution >= 4 is 7.60 Å². The lowest BCUT2D eigenvalue weighted by molar-refractivity contribution is 0.00380. The van der Waals surface area contributed by atoms with E-state index in [1.165, 1.54) is 25.0 Å². The lowest BCUT2D eigenvalue weighted by Crippen LogP contribution is -2.33. The van der Waals surface area contributed by atoms with Gasteiger partial charge in [0.05, 0.1) is 24.3 Å². The van der Waals surface area contributed by atoms with E-state index < -0.39 is 37.1 Å². The number of nitriles is 1. The second-order valence-electron chi connectivity index (χ2n) is 5.24. The Hall–Kier alpha value is -1.72. The summed E-state index contributed by atoms with van der Waals surface area (Å²) in [6.07, 6.45) is 0.102. The van der Waals surface area contributed by atoms with Crippen LogP contribution in [0.2, 0.25) is 0 Å². The third-order valence-corrected chi connectivity index (χ3v) is 5.74. The quantitative estimate of drug-likeness (QED) is 0.783. The molecule has 9 nitrogen and oxygen atoms in total. The van der Waals surface area contributed by atoms with Crippen LogP contribution in [0.5, 0.6) is 0 Å². The van der Waals surface area contributed by atoms with Crippen LogP contribution in [0.1, 0.15) is 18.2 Å². The zero-order valence-electron chi connectivity index (χ0n) is 13.0. The Morgan fingerprint density at radius 2 is 2.13 bits per heavy atom. The Labute approximate surface area is 132 Å². The van der Waals surface area contributed by atoms with Gasteiger partial charge in [-0.2, -0.15) is 5.26 Å². The largest absolute Gasteiger partial charge is 0.353 e. The molecule has 0 radical (unpaired) electrons. The molecule has 1 fully saturated rings. The van der Waals surface area contributed by atoms with Gasteiger partial charge in [-0.1, -0.05) is 0 Å². The number of aromatic amines is 1. The van der Waals surface area contributed by atoms with Crippen LogP contribution < -0.4 is 11.2 Å². The van der Waals surface area contributed by atoms with Crippen molar-refractivity contribution in [1.29, 1.82) is 5.26 Å². The molecule has 23 heavy (non-hydrogen) atoms. The number of rotatable bonds is 5. The van der Waals surface area contributed by atoms with Gasteiger partial charge >= 0.3 is 13.3 Å². The van der Waals surface area contributed by atoms with Crippen LogP contribution in [0.4, 0.5) is 0 Å². The number of aromatic nitrogens is 2. The van der Waals surface area contributed by atoms with E-state index >= 15 is 0 Å². The third-order valence-electron chi connectivity index (χ3n) is 3.82. The maximum absolute atomic E-state index is 12.2. The minimum Gasteiger partial charge on any atom is -0.353 e. The fraction of sp³-hybridized carbons (Fsp3) is 0.615. The number of ether oxygens (including phenoxy) is 1. The first kappa shape index (κ1) is 17.6. The van der Waals surface area contributed by atoms with E-state index in [0.717, 1.165) is 0 Å². The van der Waals surface area contributed by atoms with E-state index in [1.807, 2.05) is 0 Å². The van der Waals surface area contributed by atoms with Crippen molar-refractivity contribution < 1.29 is 18.3 Å². The molecule has 1 aliphatic rings. The van der Waals surface area contributed by atoms with Gasteiger partial charge in [0, 0.05) is 32.4 Å². The molecule has 0 amide bonds. The minimum atomic E-state index is -3.35. The summed E-state index contributed by atoms with van der Waals surface area (Å²) in [6.45, 7) is 1.56. The summed E-state index contributed by atoms with van der Waals surface area (Å²) in [6, 6.07) is 2.09. The lowest BCUT2D eigenvalue weighted by atomic mass is 10.0. The van der Waals surface area contributed by atoms with Gasteiger partial charge in [0.15, 0.2) is 0 Å². The van der Waals surface area contributed by atoms with Crippen LogP contribution in [0.25, 0.3) is 0 Å². The molecule has 3 atom stereocenters. The summed E-state index contributed by atoms with van der Waals surface area (Å²) in [5.74, 6) is -0.572.